The predicted octanol–water partition coefficient (Wildman–Crippen LogP) is 3.94. The van der Waals surface area contributed by atoms with Crippen molar-refractivity contribution in [1.82, 2.24) is 10.2 Å². The third-order valence-corrected chi connectivity index (χ3v) is 6.70. The number of anilines is 1. The fourth-order valence-corrected chi connectivity index (χ4v) is 5.18. The number of rotatable bonds is 7. The summed E-state index contributed by atoms with van der Waals surface area (Å²) in [5, 5.41) is 7.07. The van der Waals surface area contributed by atoms with Gasteiger partial charge in [0.15, 0.2) is 22.3 Å². The molecule has 0 saturated carbocycles. The Morgan fingerprint density at radius 2 is 2.09 bits per heavy atom. The van der Waals surface area contributed by atoms with Crippen LogP contribution in [0.15, 0.2) is 36.4 Å². The predicted molar refractivity (Wildman–Crippen MR) is 132 cm³/mol. The summed E-state index contributed by atoms with van der Waals surface area (Å²) in [7, 11) is 1.64. The lowest BCUT2D eigenvalue weighted by atomic mass is 9.78. The molecule has 7 nitrogen and oxygen atoms in total. The highest BCUT2D eigenvalue weighted by atomic mass is 32.1. The van der Waals surface area contributed by atoms with Gasteiger partial charge in [-0.15, -0.1) is 0 Å². The monoisotopic (exact) mass is 469 g/mol. The zero-order chi connectivity index (χ0) is 23.8. The van der Waals surface area contributed by atoms with Crippen LogP contribution in [0.5, 0.6) is 11.5 Å². The van der Waals surface area contributed by atoms with Crippen LogP contribution in [-0.2, 0) is 9.53 Å². The molecule has 1 fully saturated rings. The van der Waals surface area contributed by atoms with E-state index >= 15 is 0 Å². The third kappa shape index (κ3) is 4.13. The lowest BCUT2D eigenvalue weighted by molar-refractivity contribution is -0.150. The molecule has 2 bridgehead atoms. The highest BCUT2D eigenvalue weighted by Crippen LogP contribution is 2.51. The van der Waals surface area contributed by atoms with Gasteiger partial charge in [-0.3, -0.25) is 4.79 Å². The largest absolute Gasteiger partial charge is 0.490 e. The molecular formula is C25H31N3O4S. The molecule has 0 radical (unpaired) electrons. The normalized spacial score (nSPS) is 23.3. The second kappa shape index (κ2) is 9.19. The molecule has 4 rings (SSSR count). The van der Waals surface area contributed by atoms with Gasteiger partial charge in [-0.05, 0) is 57.6 Å². The van der Waals surface area contributed by atoms with Crippen LogP contribution in [0.4, 0.5) is 5.69 Å². The van der Waals surface area contributed by atoms with Crippen molar-refractivity contribution in [3.05, 3.63) is 53.1 Å². The number of amides is 1. The van der Waals surface area contributed by atoms with Gasteiger partial charge in [0, 0.05) is 24.9 Å². The third-order valence-electron chi connectivity index (χ3n) is 6.36. The van der Waals surface area contributed by atoms with Gasteiger partial charge in [-0.1, -0.05) is 29.8 Å². The molecular weight excluding hydrogens is 438 g/mol. The van der Waals surface area contributed by atoms with Crippen LogP contribution in [0, 0.1) is 19.8 Å². The van der Waals surface area contributed by atoms with Crippen LogP contribution >= 0.6 is 12.2 Å². The maximum atomic E-state index is 13.8. The Morgan fingerprint density at radius 1 is 1.30 bits per heavy atom. The molecule has 0 aromatic heterocycles. The Balaban J connectivity index is 1.78. The number of ether oxygens (including phenoxy) is 3. The SMILES string of the molecule is CCOc1cccc2c1OC1(C)C(C(=O)Nc3ccc(C)cc3C)C2NC(=S)N1CCOC. The van der Waals surface area contributed by atoms with E-state index in [0.717, 1.165) is 22.4 Å². The van der Waals surface area contributed by atoms with Gasteiger partial charge in [0.1, 0.15) is 5.92 Å². The van der Waals surface area contributed by atoms with E-state index in [2.05, 4.69) is 16.7 Å². The van der Waals surface area contributed by atoms with Crippen molar-refractivity contribution in [2.24, 2.45) is 5.92 Å². The van der Waals surface area contributed by atoms with Gasteiger partial charge in [-0.25, -0.2) is 0 Å². The van der Waals surface area contributed by atoms with Gasteiger partial charge in [0.2, 0.25) is 5.91 Å². The highest BCUT2D eigenvalue weighted by Gasteiger charge is 2.59. The van der Waals surface area contributed by atoms with E-state index in [0.29, 0.717) is 36.4 Å². The standard InChI is InChI=1S/C25H31N3O4S/c1-6-31-19-9-7-8-17-21-20(23(29)26-18-11-10-15(2)14-16(18)3)25(4,32-22(17)19)28(12-13-30-5)24(33)27-21/h7-11,14,20-21H,6,12-13H2,1-5H3,(H,26,29)(H,27,33). The molecule has 2 aliphatic rings. The molecule has 3 atom stereocenters. The Labute approximate surface area is 200 Å². The maximum Gasteiger partial charge on any atom is 0.236 e. The van der Waals surface area contributed by atoms with Crippen molar-refractivity contribution in [1.29, 1.82) is 0 Å². The van der Waals surface area contributed by atoms with E-state index in [1.54, 1.807) is 7.11 Å². The van der Waals surface area contributed by atoms with Gasteiger partial charge in [0.25, 0.3) is 0 Å². The van der Waals surface area contributed by atoms with Crippen molar-refractivity contribution in [2.45, 2.75) is 39.5 Å². The maximum absolute atomic E-state index is 13.8. The summed E-state index contributed by atoms with van der Waals surface area (Å²) in [5.74, 6) is 0.575. The van der Waals surface area contributed by atoms with Gasteiger partial charge >= 0.3 is 0 Å². The average molecular weight is 470 g/mol. The molecule has 8 heteroatoms. The zero-order valence-corrected chi connectivity index (χ0v) is 20.5. The lowest BCUT2D eigenvalue weighted by Gasteiger charge is -2.56. The number of hydrogen-bond donors (Lipinski definition) is 2. The quantitative estimate of drug-likeness (QED) is 0.595. The van der Waals surface area contributed by atoms with E-state index in [-0.39, 0.29) is 11.9 Å². The summed E-state index contributed by atoms with van der Waals surface area (Å²) >= 11 is 5.70. The van der Waals surface area contributed by atoms with Crippen LogP contribution in [0.3, 0.4) is 0 Å². The number of para-hydroxylation sites is 1. The van der Waals surface area contributed by atoms with Crippen LogP contribution in [0.1, 0.15) is 36.6 Å². The molecule has 2 aliphatic heterocycles. The molecule has 3 unspecified atom stereocenters. The van der Waals surface area contributed by atoms with E-state index in [4.69, 9.17) is 26.4 Å². The van der Waals surface area contributed by atoms with Gasteiger partial charge in [-0.2, -0.15) is 0 Å². The summed E-state index contributed by atoms with van der Waals surface area (Å²) in [6.45, 7) is 9.30. The average Bonchev–Trinajstić information content (AvgIpc) is 2.76. The molecule has 0 spiro atoms. The number of carbonyl (C=O) groups is 1. The van der Waals surface area contributed by atoms with Crippen LogP contribution in [-0.4, -0.2) is 48.5 Å². The zero-order valence-electron chi connectivity index (χ0n) is 19.7. The molecule has 176 valence electrons. The summed E-state index contributed by atoms with van der Waals surface area (Å²) in [6, 6.07) is 11.4. The van der Waals surface area contributed by atoms with Crippen LogP contribution < -0.4 is 20.1 Å². The van der Waals surface area contributed by atoms with Gasteiger partial charge < -0.3 is 29.7 Å². The molecule has 0 aliphatic carbocycles. The molecule has 33 heavy (non-hydrogen) atoms. The van der Waals surface area contributed by atoms with Crippen LogP contribution in [0.2, 0.25) is 0 Å². The Morgan fingerprint density at radius 3 is 2.79 bits per heavy atom. The fraction of sp³-hybridized carbons (Fsp3) is 0.440. The molecule has 1 saturated heterocycles. The minimum absolute atomic E-state index is 0.140. The number of methoxy groups -OCH3 is 1. The summed E-state index contributed by atoms with van der Waals surface area (Å²) in [4.78, 5) is 15.7. The second-order valence-corrected chi connectivity index (χ2v) is 9.01. The molecule has 1 amide bonds. The number of benzene rings is 2. The van der Waals surface area contributed by atoms with E-state index in [1.807, 2.05) is 62.9 Å². The van der Waals surface area contributed by atoms with E-state index in [1.165, 1.54) is 0 Å². The van der Waals surface area contributed by atoms with Crippen molar-refractivity contribution < 1.29 is 19.0 Å². The first-order chi connectivity index (χ1) is 15.8. The summed E-state index contributed by atoms with van der Waals surface area (Å²) in [5.41, 5.74) is 2.76. The van der Waals surface area contributed by atoms with E-state index < -0.39 is 11.6 Å². The number of thiocarbonyl (C=S) groups is 1. The lowest BCUT2D eigenvalue weighted by Crippen LogP contribution is -2.72. The van der Waals surface area contributed by atoms with Crippen molar-refractivity contribution >= 4 is 28.9 Å². The topological polar surface area (TPSA) is 72.1 Å². The first kappa shape index (κ1) is 23.3. The first-order valence-corrected chi connectivity index (χ1v) is 11.6. The number of aryl methyl sites for hydroxylation is 2. The van der Waals surface area contributed by atoms with Gasteiger partial charge in [0.05, 0.1) is 19.3 Å². The molecule has 2 aromatic rings. The fourth-order valence-electron chi connectivity index (χ4n) is 4.78. The second-order valence-electron chi connectivity index (χ2n) is 8.62. The molecule has 2 N–H and O–H groups in total. The number of nitrogens with zero attached hydrogens (tertiary/aromatic N) is 1. The Kier molecular flexibility index (Phi) is 6.50. The number of fused-ring (bicyclic) bond motifs is 4. The number of hydrogen-bond acceptors (Lipinski definition) is 5. The van der Waals surface area contributed by atoms with Crippen molar-refractivity contribution in [2.75, 3.05) is 32.2 Å². The minimum atomic E-state index is -1.03. The molecule has 2 aromatic carbocycles. The van der Waals surface area contributed by atoms with Crippen molar-refractivity contribution in [3.63, 3.8) is 0 Å². The number of carbonyl (C=O) groups excluding carboxylic acids is 1. The summed E-state index contributed by atoms with van der Waals surface area (Å²) in [6.07, 6.45) is 0. The summed E-state index contributed by atoms with van der Waals surface area (Å²) < 4.78 is 17.8. The van der Waals surface area contributed by atoms with Crippen molar-refractivity contribution in [3.8, 4) is 11.5 Å². The molecule has 2 heterocycles. The Hall–Kier alpha value is -2.84. The minimum Gasteiger partial charge on any atom is -0.490 e. The highest BCUT2D eigenvalue weighted by molar-refractivity contribution is 7.80. The van der Waals surface area contributed by atoms with Crippen LogP contribution in [0.25, 0.3) is 0 Å². The van der Waals surface area contributed by atoms with E-state index in [9.17, 15) is 4.79 Å². The smallest absolute Gasteiger partial charge is 0.236 e. The number of nitrogens with one attached hydrogen (secondary N) is 2. The first-order valence-electron chi connectivity index (χ1n) is 11.2. The Bertz CT molecular complexity index is 1080.